The van der Waals surface area contributed by atoms with E-state index in [1.807, 2.05) is 0 Å². The molecule has 0 radical (unpaired) electrons. The lowest BCUT2D eigenvalue weighted by Gasteiger charge is -2.27. The van der Waals surface area contributed by atoms with E-state index in [1.165, 1.54) is 12.8 Å². The number of hydrogen-bond acceptors (Lipinski definition) is 3. The first-order valence-corrected chi connectivity index (χ1v) is 7.39. The highest BCUT2D eigenvalue weighted by Crippen LogP contribution is 2.28. The molecule has 3 heteroatoms. The molecular formula is C12H28S3. The maximum atomic E-state index is 4.50. The lowest BCUT2D eigenvalue weighted by Crippen LogP contribution is -2.23. The topological polar surface area (TPSA) is 0 Å². The molecule has 0 fully saturated rings. The van der Waals surface area contributed by atoms with E-state index in [2.05, 4.69) is 72.5 Å². The van der Waals surface area contributed by atoms with Crippen molar-refractivity contribution in [2.75, 3.05) is 5.75 Å². The number of hydrogen-bond donors (Lipinski definition) is 3. The average molecular weight is 269 g/mol. The summed E-state index contributed by atoms with van der Waals surface area (Å²) < 4.78 is 0. The predicted molar refractivity (Wildman–Crippen MR) is 84.1 cm³/mol. The Bertz CT molecular complexity index is 125. The van der Waals surface area contributed by atoms with Crippen molar-refractivity contribution in [3.63, 3.8) is 0 Å². The van der Waals surface area contributed by atoms with Gasteiger partial charge in [-0.15, -0.1) is 0 Å². The summed E-state index contributed by atoms with van der Waals surface area (Å²) in [6.07, 6.45) is 3.60. The van der Waals surface area contributed by atoms with Gasteiger partial charge in [0.1, 0.15) is 0 Å². The minimum absolute atomic E-state index is 0.306. The summed E-state index contributed by atoms with van der Waals surface area (Å²) in [5, 5.41) is 0.918. The largest absolute Gasteiger partial charge is 0.179 e. The van der Waals surface area contributed by atoms with Gasteiger partial charge in [0, 0.05) is 5.25 Å². The van der Waals surface area contributed by atoms with Gasteiger partial charge in [0.25, 0.3) is 0 Å². The van der Waals surface area contributed by atoms with Crippen molar-refractivity contribution in [1.82, 2.24) is 0 Å². The Morgan fingerprint density at radius 1 is 1.13 bits per heavy atom. The maximum Gasteiger partial charge on any atom is 0.00756 e. The Labute approximate surface area is 113 Å². The molecule has 0 saturated heterocycles. The van der Waals surface area contributed by atoms with Crippen molar-refractivity contribution in [3.8, 4) is 0 Å². The van der Waals surface area contributed by atoms with E-state index in [-0.39, 0.29) is 0 Å². The Morgan fingerprint density at radius 3 is 1.67 bits per heavy atom. The molecule has 0 saturated carbocycles. The van der Waals surface area contributed by atoms with E-state index < -0.39 is 0 Å². The smallest absolute Gasteiger partial charge is 0.00756 e. The molecule has 0 aromatic rings. The third-order valence-electron chi connectivity index (χ3n) is 2.08. The molecule has 0 rings (SSSR count). The molecule has 94 valence electrons. The van der Waals surface area contributed by atoms with Crippen LogP contribution in [0.3, 0.4) is 0 Å². The molecule has 15 heavy (non-hydrogen) atoms. The van der Waals surface area contributed by atoms with Crippen molar-refractivity contribution < 1.29 is 0 Å². The van der Waals surface area contributed by atoms with E-state index in [0.717, 1.165) is 12.2 Å². The van der Waals surface area contributed by atoms with Gasteiger partial charge in [0.05, 0.1) is 0 Å². The van der Waals surface area contributed by atoms with Crippen LogP contribution in [0.4, 0.5) is 0 Å². The lowest BCUT2D eigenvalue weighted by molar-refractivity contribution is 0.382. The van der Waals surface area contributed by atoms with Gasteiger partial charge < -0.3 is 0 Å². The molecule has 0 nitrogen and oxygen atoms in total. The van der Waals surface area contributed by atoms with Crippen LogP contribution >= 0.6 is 37.9 Å². The van der Waals surface area contributed by atoms with Gasteiger partial charge in [-0.25, -0.2) is 0 Å². The van der Waals surface area contributed by atoms with E-state index in [4.69, 9.17) is 0 Å². The zero-order valence-electron chi connectivity index (χ0n) is 10.8. The fraction of sp³-hybridized carbons (Fsp3) is 1.00. The first kappa shape index (κ1) is 18.4. The standard InChI is InChI=1S/C8H18S2.C4H10S/c1-6(9)5-7(10)8(2,3)4;1-2-3-4-5/h6-7,9-10H,5H2,1-4H3;5H,2-4H2,1H3. The second-order valence-electron chi connectivity index (χ2n) is 5.04. The van der Waals surface area contributed by atoms with Crippen LogP contribution in [0.5, 0.6) is 0 Å². The Morgan fingerprint density at radius 2 is 1.60 bits per heavy atom. The van der Waals surface area contributed by atoms with Crippen LogP contribution in [0, 0.1) is 5.41 Å². The highest BCUT2D eigenvalue weighted by molar-refractivity contribution is 7.82. The van der Waals surface area contributed by atoms with Gasteiger partial charge in [-0.1, -0.05) is 41.0 Å². The number of unbranched alkanes of at least 4 members (excludes halogenated alkanes) is 1. The van der Waals surface area contributed by atoms with Crippen LogP contribution in [-0.4, -0.2) is 16.3 Å². The zero-order valence-corrected chi connectivity index (χ0v) is 13.5. The summed E-state index contributed by atoms with van der Waals surface area (Å²) >= 11 is 12.8. The Kier molecular flexibility index (Phi) is 12.5. The van der Waals surface area contributed by atoms with Crippen molar-refractivity contribution in [2.24, 2.45) is 5.41 Å². The summed E-state index contributed by atoms with van der Waals surface area (Å²) in [4.78, 5) is 0. The monoisotopic (exact) mass is 268 g/mol. The van der Waals surface area contributed by atoms with Crippen molar-refractivity contribution in [3.05, 3.63) is 0 Å². The fourth-order valence-electron chi connectivity index (χ4n) is 0.835. The van der Waals surface area contributed by atoms with Crippen LogP contribution in [0.2, 0.25) is 0 Å². The highest BCUT2D eigenvalue weighted by atomic mass is 32.1. The average Bonchev–Trinajstić information content (AvgIpc) is 2.03. The molecule has 0 amide bonds. The molecular weight excluding hydrogens is 240 g/mol. The van der Waals surface area contributed by atoms with E-state index in [9.17, 15) is 0 Å². The van der Waals surface area contributed by atoms with Gasteiger partial charge in [-0.05, 0) is 29.3 Å². The van der Waals surface area contributed by atoms with Crippen LogP contribution < -0.4 is 0 Å². The maximum absolute atomic E-state index is 4.50. The summed E-state index contributed by atoms with van der Waals surface area (Å²) in [7, 11) is 0. The van der Waals surface area contributed by atoms with Gasteiger partial charge in [0.15, 0.2) is 0 Å². The van der Waals surface area contributed by atoms with Crippen molar-refractivity contribution >= 4 is 37.9 Å². The minimum Gasteiger partial charge on any atom is -0.179 e. The fourth-order valence-corrected chi connectivity index (χ4v) is 1.84. The lowest BCUT2D eigenvalue weighted by atomic mass is 9.89. The van der Waals surface area contributed by atoms with Crippen molar-refractivity contribution in [1.29, 1.82) is 0 Å². The second kappa shape index (κ2) is 10.2. The molecule has 0 aliphatic carbocycles. The molecule has 0 aliphatic heterocycles. The summed E-state index contributed by atoms with van der Waals surface area (Å²) in [6, 6.07) is 0. The third kappa shape index (κ3) is 15.1. The van der Waals surface area contributed by atoms with Crippen LogP contribution in [0.15, 0.2) is 0 Å². The van der Waals surface area contributed by atoms with E-state index in [0.29, 0.717) is 15.9 Å². The van der Waals surface area contributed by atoms with E-state index in [1.54, 1.807) is 0 Å². The van der Waals surface area contributed by atoms with Crippen LogP contribution in [-0.2, 0) is 0 Å². The quantitative estimate of drug-likeness (QED) is 0.602. The summed E-state index contributed by atoms with van der Waals surface area (Å²) in [5.41, 5.74) is 0.306. The Balaban J connectivity index is 0. The first-order valence-electron chi connectivity index (χ1n) is 5.72. The summed E-state index contributed by atoms with van der Waals surface area (Å²) in [6.45, 7) is 10.9. The molecule has 0 aliphatic rings. The van der Waals surface area contributed by atoms with Gasteiger partial charge >= 0.3 is 0 Å². The van der Waals surface area contributed by atoms with Crippen LogP contribution in [0.1, 0.15) is 53.9 Å². The zero-order chi connectivity index (χ0) is 12.5. The molecule has 0 aromatic carbocycles. The summed E-state index contributed by atoms with van der Waals surface area (Å²) in [5.74, 6) is 1.04. The molecule has 0 spiro atoms. The van der Waals surface area contributed by atoms with E-state index >= 15 is 0 Å². The van der Waals surface area contributed by atoms with Gasteiger partial charge in [-0.3, -0.25) is 0 Å². The number of thiol groups is 3. The molecule has 2 unspecified atom stereocenters. The van der Waals surface area contributed by atoms with Crippen LogP contribution in [0.25, 0.3) is 0 Å². The third-order valence-corrected chi connectivity index (χ3v) is 3.59. The molecule has 0 bridgehead atoms. The molecule has 0 aromatic heterocycles. The van der Waals surface area contributed by atoms with Gasteiger partial charge in [-0.2, -0.15) is 37.9 Å². The number of rotatable bonds is 4. The molecule has 0 N–H and O–H groups in total. The van der Waals surface area contributed by atoms with Crippen molar-refractivity contribution in [2.45, 2.75) is 64.4 Å². The normalized spacial score (nSPS) is 15.2. The highest BCUT2D eigenvalue weighted by Gasteiger charge is 2.21. The second-order valence-corrected chi connectivity index (χ2v) is 7.00. The Hall–Kier alpha value is 1.05. The van der Waals surface area contributed by atoms with Gasteiger partial charge in [0.2, 0.25) is 0 Å². The first-order chi connectivity index (χ1) is 6.75. The minimum atomic E-state index is 0.306. The SMILES string of the molecule is CC(S)CC(S)C(C)(C)C.CCCCS. The predicted octanol–water partition coefficient (Wildman–Crippen LogP) is 4.76. The molecule has 2 atom stereocenters. The molecule has 0 heterocycles.